The molecular formula is C14H18FN3. The lowest BCUT2D eigenvalue weighted by Gasteiger charge is -2.16. The van der Waals surface area contributed by atoms with Crippen molar-refractivity contribution in [3.05, 3.63) is 53.6 Å². The predicted octanol–water partition coefficient (Wildman–Crippen LogP) is 2.80. The molecule has 1 N–H and O–H groups in total. The van der Waals surface area contributed by atoms with Crippen LogP contribution in [-0.2, 0) is 13.6 Å². The van der Waals surface area contributed by atoms with E-state index in [-0.39, 0.29) is 11.9 Å². The average Bonchev–Trinajstić information content (AvgIpc) is 2.78. The number of nitrogens with zero attached hydrogens (tertiary/aromatic N) is 2. The van der Waals surface area contributed by atoms with Gasteiger partial charge in [-0.15, -0.1) is 0 Å². The van der Waals surface area contributed by atoms with Gasteiger partial charge in [-0.1, -0.05) is 19.1 Å². The van der Waals surface area contributed by atoms with Crippen molar-refractivity contribution < 1.29 is 4.39 Å². The zero-order valence-corrected chi connectivity index (χ0v) is 10.7. The minimum Gasteiger partial charge on any atom is -0.304 e. The molecule has 96 valence electrons. The van der Waals surface area contributed by atoms with Gasteiger partial charge in [0.05, 0.1) is 5.69 Å². The lowest BCUT2D eigenvalue weighted by atomic mass is 10.0. The first-order valence-electron chi connectivity index (χ1n) is 6.16. The Morgan fingerprint density at radius 1 is 1.28 bits per heavy atom. The first kappa shape index (κ1) is 12.8. The summed E-state index contributed by atoms with van der Waals surface area (Å²) < 4.78 is 14.7. The van der Waals surface area contributed by atoms with Gasteiger partial charge in [0.25, 0.3) is 0 Å². The Kier molecular flexibility index (Phi) is 4.10. The normalized spacial score (nSPS) is 12.6. The molecule has 18 heavy (non-hydrogen) atoms. The van der Waals surface area contributed by atoms with Gasteiger partial charge in [-0.2, -0.15) is 5.10 Å². The van der Waals surface area contributed by atoms with Crippen molar-refractivity contribution in [2.24, 2.45) is 7.05 Å². The second-order valence-electron chi connectivity index (χ2n) is 4.37. The Labute approximate surface area is 107 Å². The molecular weight excluding hydrogens is 229 g/mol. The fourth-order valence-electron chi connectivity index (χ4n) is 1.98. The van der Waals surface area contributed by atoms with E-state index in [1.807, 2.05) is 31.4 Å². The summed E-state index contributed by atoms with van der Waals surface area (Å²) in [6, 6.07) is 8.88. The molecule has 1 unspecified atom stereocenters. The zero-order valence-electron chi connectivity index (χ0n) is 10.7. The zero-order chi connectivity index (χ0) is 13.0. The number of benzene rings is 1. The van der Waals surface area contributed by atoms with Crippen LogP contribution in [0.25, 0.3) is 0 Å². The van der Waals surface area contributed by atoms with Gasteiger partial charge in [0.15, 0.2) is 0 Å². The van der Waals surface area contributed by atoms with Gasteiger partial charge in [-0.05, 0) is 30.2 Å². The van der Waals surface area contributed by atoms with Gasteiger partial charge < -0.3 is 5.32 Å². The first-order chi connectivity index (χ1) is 8.69. The summed E-state index contributed by atoms with van der Waals surface area (Å²) >= 11 is 0. The van der Waals surface area contributed by atoms with Crippen LogP contribution in [0.1, 0.15) is 30.6 Å². The lowest BCUT2D eigenvalue weighted by molar-refractivity contribution is 0.510. The predicted molar refractivity (Wildman–Crippen MR) is 69.5 cm³/mol. The minimum atomic E-state index is -0.196. The Bertz CT molecular complexity index is 490. The van der Waals surface area contributed by atoms with Crippen LogP contribution < -0.4 is 5.32 Å². The van der Waals surface area contributed by atoms with Crippen LogP contribution in [0.3, 0.4) is 0 Å². The number of rotatable bonds is 5. The summed E-state index contributed by atoms with van der Waals surface area (Å²) in [6.45, 7) is 2.83. The van der Waals surface area contributed by atoms with Crippen molar-refractivity contribution in [2.45, 2.75) is 25.9 Å². The molecule has 1 aromatic carbocycles. The van der Waals surface area contributed by atoms with Crippen molar-refractivity contribution >= 4 is 0 Å². The van der Waals surface area contributed by atoms with Crippen LogP contribution in [0.5, 0.6) is 0 Å². The van der Waals surface area contributed by atoms with Crippen molar-refractivity contribution in [3.8, 4) is 0 Å². The molecule has 0 spiro atoms. The molecule has 4 heteroatoms. The molecule has 0 radical (unpaired) electrons. The van der Waals surface area contributed by atoms with E-state index in [1.165, 1.54) is 12.1 Å². The third-order valence-corrected chi connectivity index (χ3v) is 2.98. The maximum absolute atomic E-state index is 12.9. The molecule has 1 atom stereocenters. The third-order valence-electron chi connectivity index (χ3n) is 2.98. The molecule has 0 fully saturated rings. The van der Waals surface area contributed by atoms with Crippen molar-refractivity contribution in [1.82, 2.24) is 15.1 Å². The summed E-state index contributed by atoms with van der Waals surface area (Å²) in [7, 11) is 1.90. The number of nitrogens with one attached hydrogen (secondary N) is 1. The molecule has 2 rings (SSSR count). The number of aryl methyl sites for hydroxylation is 1. The molecule has 0 saturated heterocycles. The van der Waals surface area contributed by atoms with Gasteiger partial charge in [0, 0.05) is 25.8 Å². The van der Waals surface area contributed by atoms with Gasteiger partial charge in [0.1, 0.15) is 5.82 Å². The summed E-state index contributed by atoms with van der Waals surface area (Å²) in [5, 5.41) is 7.76. The maximum atomic E-state index is 12.9. The molecule has 0 aliphatic heterocycles. The molecule has 3 nitrogen and oxygen atoms in total. The van der Waals surface area contributed by atoms with Crippen LogP contribution in [0.2, 0.25) is 0 Å². The molecule has 2 aromatic rings. The van der Waals surface area contributed by atoms with Gasteiger partial charge in [-0.25, -0.2) is 4.39 Å². The highest BCUT2D eigenvalue weighted by molar-refractivity contribution is 5.20. The van der Waals surface area contributed by atoms with E-state index in [9.17, 15) is 4.39 Å². The second-order valence-corrected chi connectivity index (χ2v) is 4.37. The fourth-order valence-corrected chi connectivity index (χ4v) is 1.98. The summed E-state index contributed by atoms with van der Waals surface area (Å²) in [5.41, 5.74) is 2.12. The van der Waals surface area contributed by atoms with Crippen molar-refractivity contribution in [3.63, 3.8) is 0 Å². The van der Waals surface area contributed by atoms with Crippen LogP contribution in [0.4, 0.5) is 4.39 Å². The number of halogens is 1. The standard InChI is InChI=1S/C14H18FN3/c1-3-14(11-4-6-12(15)7-5-11)16-10-13-8-9-18(2)17-13/h4-9,14,16H,3,10H2,1-2H3. The van der Waals surface area contributed by atoms with E-state index in [4.69, 9.17) is 0 Å². The van der Waals surface area contributed by atoms with Crippen LogP contribution >= 0.6 is 0 Å². The second kappa shape index (κ2) is 5.78. The molecule has 1 heterocycles. The quantitative estimate of drug-likeness (QED) is 0.880. The highest BCUT2D eigenvalue weighted by Gasteiger charge is 2.09. The van der Waals surface area contributed by atoms with Crippen molar-refractivity contribution in [1.29, 1.82) is 0 Å². The molecule has 0 amide bonds. The van der Waals surface area contributed by atoms with E-state index in [2.05, 4.69) is 17.3 Å². The third kappa shape index (κ3) is 3.17. The molecule has 1 aromatic heterocycles. The maximum Gasteiger partial charge on any atom is 0.123 e. The average molecular weight is 247 g/mol. The van der Waals surface area contributed by atoms with Crippen LogP contribution in [0, 0.1) is 5.82 Å². The first-order valence-corrected chi connectivity index (χ1v) is 6.16. The van der Waals surface area contributed by atoms with E-state index in [0.29, 0.717) is 0 Å². The van der Waals surface area contributed by atoms with Crippen molar-refractivity contribution in [2.75, 3.05) is 0 Å². The van der Waals surface area contributed by atoms with Crippen LogP contribution in [-0.4, -0.2) is 9.78 Å². The van der Waals surface area contributed by atoms with Gasteiger partial charge in [-0.3, -0.25) is 4.68 Å². The Hall–Kier alpha value is -1.68. The molecule has 0 bridgehead atoms. The highest BCUT2D eigenvalue weighted by atomic mass is 19.1. The van der Waals surface area contributed by atoms with E-state index < -0.39 is 0 Å². The number of hydrogen-bond acceptors (Lipinski definition) is 2. The fraction of sp³-hybridized carbons (Fsp3) is 0.357. The molecule has 0 aliphatic carbocycles. The van der Waals surface area contributed by atoms with Crippen LogP contribution in [0.15, 0.2) is 36.5 Å². The minimum absolute atomic E-state index is 0.196. The molecule has 0 aliphatic rings. The Morgan fingerprint density at radius 2 is 2.00 bits per heavy atom. The number of hydrogen-bond donors (Lipinski definition) is 1. The summed E-state index contributed by atoms with van der Waals surface area (Å²) in [4.78, 5) is 0. The van der Waals surface area contributed by atoms with Gasteiger partial charge in [0.2, 0.25) is 0 Å². The summed E-state index contributed by atoms with van der Waals surface area (Å²) in [5.74, 6) is -0.196. The number of aromatic nitrogens is 2. The Morgan fingerprint density at radius 3 is 2.56 bits per heavy atom. The largest absolute Gasteiger partial charge is 0.304 e. The SMILES string of the molecule is CCC(NCc1ccn(C)n1)c1ccc(F)cc1. The lowest BCUT2D eigenvalue weighted by Crippen LogP contribution is -2.20. The monoisotopic (exact) mass is 247 g/mol. The van der Waals surface area contributed by atoms with E-state index in [1.54, 1.807) is 4.68 Å². The highest BCUT2D eigenvalue weighted by Crippen LogP contribution is 2.17. The topological polar surface area (TPSA) is 29.9 Å². The Balaban J connectivity index is 1.99. The van der Waals surface area contributed by atoms with Gasteiger partial charge >= 0.3 is 0 Å². The van der Waals surface area contributed by atoms with E-state index >= 15 is 0 Å². The van der Waals surface area contributed by atoms with E-state index in [0.717, 1.165) is 24.2 Å². The molecule has 0 saturated carbocycles. The smallest absolute Gasteiger partial charge is 0.123 e. The summed E-state index contributed by atoms with van der Waals surface area (Å²) in [6.07, 6.45) is 2.88.